The fraction of sp³-hybridized carbons (Fsp3) is 0.923. The Morgan fingerprint density at radius 1 is 1.26 bits per heavy atom. The molecule has 0 aliphatic carbocycles. The predicted molar refractivity (Wildman–Crippen MR) is 70.3 cm³/mol. The number of methoxy groups -OCH3 is 1. The third-order valence-electron chi connectivity index (χ3n) is 3.92. The minimum atomic E-state index is -0.827. The zero-order valence-corrected chi connectivity index (χ0v) is 11.6. The first-order valence-electron chi connectivity index (χ1n) is 7.01. The number of piperazine rings is 1. The van der Waals surface area contributed by atoms with Crippen molar-refractivity contribution in [1.82, 2.24) is 9.80 Å². The largest absolute Gasteiger partial charge is 0.479 e. The highest BCUT2D eigenvalue weighted by Gasteiger charge is 2.32. The van der Waals surface area contributed by atoms with E-state index < -0.39 is 12.1 Å². The molecule has 110 valence electrons. The molecule has 0 aromatic carbocycles. The van der Waals surface area contributed by atoms with E-state index in [4.69, 9.17) is 14.6 Å². The van der Waals surface area contributed by atoms with Crippen molar-refractivity contribution in [2.24, 2.45) is 0 Å². The zero-order chi connectivity index (χ0) is 13.7. The van der Waals surface area contributed by atoms with E-state index >= 15 is 0 Å². The molecular weight excluding hydrogens is 248 g/mol. The van der Waals surface area contributed by atoms with E-state index in [1.807, 2.05) is 0 Å². The van der Waals surface area contributed by atoms with Crippen molar-refractivity contribution in [1.29, 1.82) is 0 Å². The fourth-order valence-electron chi connectivity index (χ4n) is 2.73. The summed E-state index contributed by atoms with van der Waals surface area (Å²) in [6.07, 6.45) is 1.01. The number of carboxylic acids is 1. The van der Waals surface area contributed by atoms with Crippen molar-refractivity contribution in [3.05, 3.63) is 0 Å². The predicted octanol–water partition coefficient (Wildman–Crippen LogP) is -0.117. The molecule has 0 spiro atoms. The molecule has 0 aromatic heterocycles. The lowest BCUT2D eigenvalue weighted by Gasteiger charge is -2.35. The summed E-state index contributed by atoms with van der Waals surface area (Å²) in [4.78, 5) is 15.6. The van der Waals surface area contributed by atoms with Crippen LogP contribution in [0.5, 0.6) is 0 Å². The molecule has 2 saturated heterocycles. The van der Waals surface area contributed by atoms with E-state index in [0.29, 0.717) is 6.42 Å². The second-order valence-corrected chi connectivity index (χ2v) is 5.30. The van der Waals surface area contributed by atoms with Crippen LogP contribution in [0.25, 0.3) is 0 Å². The molecule has 0 amide bonds. The van der Waals surface area contributed by atoms with E-state index in [0.717, 1.165) is 52.3 Å². The van der Waals surface area contributed by atoms with Crippen LogP contribution in [0.15, 0.2) is 0 Å². The van der Waals surface area contributed by atoms with Crippen LogP contribution in [0.2, 0.25) is 0 Å². The minimum Gasteiger partial charge on any atom is -0.479 e. The summed E-state index contributed by atoms with van der Waals surface area (Å²) in [5.74, 6) is -0.827. The SMILES string of the molecule is COCCN1CCN(C[C@@H]2CC[C@H](C(=O)O)O2)CC1. The maximum absolute atomic E-state index is 10.8. The number of aliphatic carboxylic acids is 1. The number of nitrogens with zero attached hydrogens (tertiary/aromatic N) is 2. The molecule has 0 bridgehead atoms. The van der Waals surface area contributed by atoms with Crippen LogP contribution in [0.1, 0.15) is 12.8 Å². The van der Waals surface area contributed by atoms with Crippen LogP contribution in [0.4, 0.5) is 0 Å². The van der Waals surface area contributed by atoms with Gasteiger partial charge in [-0.05, 0) is 12.8 Å². The second-order valence-electron chi connectivity index (χ2n) is 5.30. The molecule has 19 heavy (non-hydrogen) atoms. The molecule has 2 heterocycles. The average Bonchev–Trinajstić information content (AvgIpc) is 2.87. The summed E-state index contributed by atoms with van der Waals surface area (Å²) >= 11 is 0. The zero-order valence-electron chi connectivity index (χ0n) is 11.6. The van der Waals surface area contributed by atoms with Crippen LogP contribution in [0, 0.1) is 0 Å². The van der Waals surface area contributed by atoms with Crippen LogP contribution in [0.3, 0.4) is 0 Å². The van der Waals surface area contributed by atoms with Gasteiger partial charge in [0.25, 0.3) is 0 Å². The minimum absolute atomic E-state index is 0.0895. The van der Waals surface area contributed by atoms with Crippen molar-refractivity contribution in [2.75, 3.05) is 53.0 Å². The van der Waals surface area contributed by atoms with E-state index in [-0.39, 0.29) is 6.10 Å². The smallest absolute Gasteiger partial charge is 0.332 e. The fourth-order valence-corrected chi connectivity index (χ4v) is 2.73. The van der Waals surface area contributed by atoms with Gasteiger partial charge in [0, 0.05) is 46.4 Å². The molecule has 0 radical (unpaired) electrons. The maximum Gasteiger partial charge on any atom is 0.332 e. The van der Waals surface area contributed by atoms with Gasteiger partial charge in [0.2, 0.25) is 0 Å². The Bertz CT molecular complexity index is 292. The molecule has 2 atom stereocenters. The van der Waals surface area contributed by atoms with Gasteiger partial charge in [-0.3, -0.25) is 9.80 Å². The molecule has 2 aliphatic heterocycles. The lowest BCUT2D eigenvalue weighted by Crippen LogP contribution is -2.49. The van der Waals surface area contributed by atoms with Crippen molar-refractivity contribution in [3.63, 3.8) is 0 Å². The van der Waals surface area contributed by atoms with Gasteiger partial charge in [-0.2, -0.15) is 0 Å². The Labute approximate surface area is 114 Å². The molecule has 2 fully saturated rings. The molecular formula is C13H24N2O4. The van der Waals surface area contributed by atoms with Crippen molar-refractivity contribution in [2.45, 2.75) is 25.0 Å². The third-order valence-corrected chi connectivity index (χ3v) is 3.92. The van der Waals surface area contributed by atoms with Gasteiger partial charge in [0.1, 0.15) is 0 Å². The van der Waals surface area contributed by atoms with Crippen LogP contribution in [-0.4, -0.2) is 86.1 Å². The van der Waals surface area contributed by atoms with Gasteiger partial charge < -0.3 is 14.6 Å². The summed E-state index contributed by atoms with van der Waals surface area (Å²) in [6, 6.07) is 0. The van der Waals surface area contributed by atoms with Gasteiger partial charge in [0.05, 0.1) is 12.7 Å². The van der Waals surface area contributed by atoms with Crippen LogP contribution < -0.4 is 0 Å². The van der Waals surface area contributed by atoms with Crippen LogP contribution >= 0.6 is 0 Å². The first kappa shape index (κ1) is 14.7. The standard InChI is InChI=1S/C13H24N2O4/c1-18-9-8-14-4-6-15(7-5-14)10-11-2-3-12(19-11)13(16)17/h11-12H,2-10H2,1H3,(H,16,17)/t11-,12+/m0/s1. The number of hydrogen-bond donors (Lipinski definition) is 1. The van der Waals surface area contributed by atoms with Crippen LogP contribution in [-0.2, 0) is 14.3 Å². The van der Waals surface area contributed by atoms with E-state index in [2.05, 4.69) is 9.80 Å². The quantitative estimate of drug-likeness (QED) is 0.727. The first-order valence-corrected chi connectivity index (χ1v) is 7.01. The molecule has 0 aromatic rings. The van der Waals surface area contributed by atoms with E-state index in [1.54, 1.807) is 7.11 Å². The van der Waals surface area contributed by atoms with Gasteiger partial charge in [-0.15, -0.1) is 0 Å². The highest BCUT2D eigenvalue weighted by molar-refractivity contribution is 5.72. The molecule has 1 N–H and O–H groups in total. The van der Waals surface area contributed by atoms with Gasteiger partial charge in [-0.25, -0.2) is 4.79 Å². The Balaban J connectivity index is 1.65. The molecule has 6 heteroatoms. The normalized spacial score (nSPS) is 29.7. The van der Waals surface area contributed by atoms with Gasteiger partial charge >= 0.3 is 5.97 Å². The van der Waals surface area contributed by atoms with Gasteiger partial charge in [0.15, 0.2) is 6.10 Å². The Morgan fingerprint density at radius 3 is 2.53 bits per heavy atom. The Hall–Kier alpha value is -0.690. The number of rotatable bonds is 6. The Kier molecular flexibility index (Phi) is 5.57. The highest BCUT2D eigenvalue weighted by atomic mass is 16.5. The number of ether oxygens (including phenoxy) is 2. The molecule has 6 nitrogen and oxygen atoms in total. The summed E-state index contributed by atoms with van der Waals surface area (Å²) in [5, 5.41) is 8.90. The summed E-state index contributed by atoms with van der Waals surface area (Å²) in [7, 11) is 1.73. The summed E-state index contributed by atoms with van der Waals surface area (Å²) < 4.78 is 10.6. The maximum atomic E-state index is 10.8. The van der Waals surface area contributed by atoms with Gasteiger partial charge in [-0.1, -0.05) is 0 Å². The molecule has 0 saturated carbocycles. The molecule has 2 aliphatic rings. The van der Waals surface area contributed by atoms with E-state index in [9.17, 15) is 4.79 Å². The second kappa shape index (κ2) is 7.19. The third kappa shape index (κ3) is 4.42. The monoisotopic (exact) mass is 272 g/mol. The highest BCUT2D eigenvalue weighted by Crippen LogP contribution is 2.21. The summed E-state index contributed by atoms with van der Waals surface area (Å²) in [5.41, 5.74) is 0. The topological polar surface area (TPSA) is 62.2 Å². The summed E-state index contributed by atoms with van der Waals surface area (Å²) in [6.45, 7) is 6.80. The number of hydrogen-bond acceptors (Lipinski definition) is 5. The van der Waals surface area contributed by atoms with Crippen molar-refractivity contribution in [3.8, 4) is 0 Å². The first-order chi connectivity index (χ1) is 9.19. The number of carbonyl (C=O) groups is 1. The average molecular weight is 272 g/mol. The van der Waals surface area contributed by atoms with Crippen molar-refractivity contribution < 1.29 is 19.4 Å². The number of carboxylic acid groups (broad SMARTS) is 1. The van der Waals surface area contributed by atoms with Crippen molar-refractivity contribution >= 4 is 5.97 Å². The Morgan fingerprint density at radius 2 is 1.95 bits per heavy atom. The molecule has 2 rings (SSSR count). The lowest BCUT2D eigenvalue weighted by molar-refractivity contribution is -0.149. The van der Waals surface area contributed by atoms with E-state index in [1.165, 1.54) is 0 Å². The lowest BCUT2D eigenvalue weighted by atomic mass is 10.2. The molecule has 0 unspecified atom stereocenters.